The Morgan fingerprint density at radius 3 is 2.80 bits per heavy atom. The third kappa shape index (κ3) is 3.05. The van der Waals surface area contributed by atoms with E-state index in [2.05, 4.69) is 21.2 Å². The van der Waals surface area contributed by atoms with Crippen LogP contribution in [-0.2, 0) is 6.54 Å². The monoisotopic (exact) mass is 354 g/mol. The van der Waals surface area contributed by atoms with Crippen molar-refractivity contribution in [3.8, 4) is 0 Å². The molecule has 0 aliphatic heterocycles. The van der Waals surface area contributed by atoms with Gasteiger partial charge in [-0.05, 0) is 40.4 Å². The van der Waals surface area contributed by atoms with Crippen molar-refractivity contribution < 1.29 is 9.72 Å². The molecule has 0 atom stereocenters. The molecule has 0 aliphatic rings. The Hall–Kier alpha value is -1.73. The van der Waals surface area contributed by atoms with Crippen LogP contribution in [0.15, 0.2) is 34.1 Å². The molecule has 7 heteroatoms. The summed E-state index contributed by atoms with van der Waals surface area (Å²) in [6, 6.07) is 6.61. The van der Waals surface area contributed by atoms with Crippen LogP contribution in [-0.4, -0.2) is 10.8 Å². The van der Waals surface area contributed by atoms with Crippen molar-refractivity contribution >= 4 is 38.9 Å². The van der Waals surface area contributed by atoms with Crippen LogP contribution < -0.4 is 5.32 Å². The van der Waals surface area contributed by atoms with E-state index < -0.39 is 10.8 Å². The number of nitro benzene ring substituents is 1. The Bertz CT molecular complexity index is 669. The minimum absolute atomic E-state index is 0.0858. The van der Waals surface area contributed by atoms with Crippen molar-refractivity contribution in [1.82, 2.24) is 5.32 Å². The molecule has 1 amide bonds. The van der Waals surface area contributed by atoms with Gasteiger partial charge in [0.2, 0.25) is 0 Å². The zero-order valence-electron chi connectivity index (χ0n) is 10.6. The smallest absolute Gasteiger partial charge is 0.285 e. The Kier molecular flexibility index (Phi) is 4.51. The van der Waals surface area contributed by atoms with Crippen LogP contribution in [0, 0.1) is 17.0 Å². The van der Waals surface area contributed by atoms with Crippen molar-refractivity contribution in [2.24, 2.45) is 0 Å². The molecule has 1 aromatic carbocycles. The van der Waals surface area contributed by atoms with E-state index >= 15 is 0 Å². The first kappa shape index (κ1) is 14.7. The standard InChI is InChI=1S/C13H11BrN2O3S/c1-8-3-2-4-9(12(8)16(18)19)13(17)15-7-11-10(14)5-6-20-11/h2-6H,7H2,1H3,(H,15,17). The van der Waals surface area contributed by atoms with Crippen molar-refractivity contribution in [2.45, 2.75) is 13.5 Å². The van der Waals surface area contributed by atoms with Gasteiger partial charge in [0.25, 0.3) is 11.6 Å². The summed E-state index contributed by atoms with van der Waals surface area (Å²) < 4.78 is 0.918. The number of aryl methyl sites for hydroxylation is 1. The average Bonchev–Trinajstić information content (AvgIpc) is 2.80. The quantitative estimate of drug-likeness (QED) is 0.672. The summed E-state index contributed by atoms with van der Waals surface area (Å²) in [6.07, 6.45) is 0. The molecule has 0 spiro atoms. The average molecular weight is 355 g/mol. The van der Waals surface area contributed by atoms with E-state index in [-0.39, 0.29) is 11.3 Å². The van der Waals surface area contributed by atoms with E-state index in [1.807, 2.05) is 11.4 Å². The first-order valence-electron chi connectivity index (χ1n) is 5.74. The van der Waals surface area contributed by atoms with Crippen molar-refractivity contribution in [3.05, 3.63) is 60.2 Å². The van der Waals surface area contributed by atoms with E-state index in [0.717, 1.165) is 9.35 Å². The number of rotatable bonds is 4. The van der Waals surface area contributed by atoms with Gasteiger partial charge in [0.1, 0.15) is 5.56 Å². The fourth-order valence-corrected chi connectivity index (χ4v) is 3.22. The van der Waals surface area contributed by atoms with Crippen LogP contribution in [0.1, 0.15) is 20.8 Å². The second-order valence-electron chi connectivity index (χ2n) is 4.10. The van der Waals surface area contributed by atoms with Gasteiger partial charge in [0.05, 0.1) is 11.5 Å². The Morgan fingerprint density at radius 1 is 1.45 bits per heavy atom. The Labute approximate surface area is 127 Å². The maximum Gasteiger partial charge on any atom is 0.285 e. The largest absolute Gasteiger partial charge is 0.347 e. The minimum atomic E-state index is -0.523. The zero-order valence-corrected chi connectivity index (χ0v) is 13.0. The third-order valence-electron chi connectivity index (χ3n) is 2.77. The molecule has 0 saturated carbocycles. The van der Waals surface area contributed by atoms with Gasteiger partial charge < -0.3 is 5.32 Å². The molecular weight excluding hydrogens is 344 g/mol. The highest BCUT2D eigenvalue weighted by atomic mass is 79.9. The second kappa shape index (κ2) is 6.15. The molecule has 0 unspecified atom stereocenters. The number of benzene rings is 1. The molecule has 104 valence electrons. The lowest BCUT2D eigenvalue weighted by Gasteiger charge is -2.06. The summed E-state index contributed by atoms with van der Waals surface area (Å²) in [5, 5.41) is 15.7. The molecule has 1 N–H and O–H groups in total. The predicted molar refractivity (Wildman–Crippen MR) is 81.0 cm³/mol. The highest BCUT2D eigenvalue weighted by molar-refractivity contribution is 9.10. The molecular formula is C13H11BrN2O3S. The summed E-state index contributed by atoms with van der Waals surface area (Å²) in [6.45, 7) is 1.95. The van der Waals surface area contributed by atoms with Crippen molar-refractivity contribution in [1.29, 1.82) is 0 Å². The number of carbonyl (C=O) groups is 1. The number of hydrogen-bond acceptors (Lipinski definition) is 4. The highest BCUT2D eigenvalue weighted by Gasteiger charge is 2.22. The topological polar surface area (TPSA) is 72.2 Å². The third-order valence-corrected chi connectivity index (χ3v) is 4.69. The summed E-state index contributed by atoms with van der Waals surface area (Å²) in [5.74, 6) is -0.444. The number of amides is 1. The van der Waals surface area contributed by atoms with Crippen molar-refractivity contribution in [3.63, 3.8) is 0 Å². The lowest BCUT2D eigenvalue weighted by atomic mass is 10.1. The molecule has 1 aromatic heterocycles. The van der Waals surface area contributed by atoms with Crippen LogP contribution in [0.3, 0.4) is 0 Å². The lowest BCUT2D eigenvalue weighted by molar-refractivity contribution is -0.385. The minimum Gasteiger partial charge on any atom is -0.347 e. The van der Waals surface area contributed by atoms with Crippen LogP contribution in [0.5, 0.6) is 0 Å². The number of hydrogen-bond donors (Lipinski definition) is 1. The maximum atomic E-state index is 12.1. The van der Waals surface area contributed by atoms with Gasteiger partial charge in [-0.2, -0.15) is 0 Å². The number of para-hydroxylation sites is 1. The molecule has 2 rings (SSSR count). The SMILES string of the molecule is Cc1cccc(C(=O)NCc2sccc2Br)c1[N+](=O)[O-]. The van der Waals surface area contributed by atoms with Gasteiger partial charge >= 0.3 is 0 Å². The van der Waals surface area contributed by atoms with Crippen LogP contribution >= 0.6 is 27.3 Å². The number of nitrogens with zero attached hydrogens (tertiary/aromatic N) is 1. The second-order valence-corrected chi connectivity index (χ2v) is 5.96. The summed E-state index contributed by atoms with van der Waals surface area (Å²) in [7, 11) is 0. The molecule has 2 aromatic rings. The predicted octanol–water partition coefficient (Wildman–Crippen LogP) is 3.66. The van der Waals surface area contributed by atoms with Gasteiger partial charge in [-0.3, -0.25) is 14.9 Å². The fraction of sp³-hybridized carbons (Fsp3) is 0.154. The summed E-state index contributed by atoms with van der Waals surface area (Å²) in [4.78, 5) is 23.6. The number of thiophene rings is 1. The summed E-state index contributed by atoms with van der Waals surface area (Å²) in [5.41, 5.74) is 0.415. The maximum absolute atomic E-state index is 12.1. The zero-order chi connectivity index (χ0) is 14.7. The number of carbonyl (C=O) groups excluding carboxylic acids is 1. The van der Waals surface area contributed by atoms with Crippen molar-refractivity contribution in [2.75, 3.05) is 0 Å². The van der Waals surface area contributed by atoms with E-state index in [1.54, 1.807) is 19.1 Å². The van der Waals surface area contributed by atoms with Gasteiger partial charge in [-0.15, -0.1) is 11.3 Å². The van der Waals surface area contributed by atoms with Crippen LogP contribution in [0.25, 0.3) is 0 Å². The molecule has 0 fully saturated rings. The van der Waals surface area contributed by atoms with Gasteiger partial charge in [0, 0.05) is 14.9 Å². The first-order valence-corrected chi connectivity index (χ1v) is 7.42. The molecule has 5 nitrogen and oxygen atoms in total. The highest BCUT2D eigenvalue weighted by Crippen LogP contribution is 2.24. The molecule has 0 aliphatic carbocycles. The Morgan fingerprint density at radius 2 is 2.20 bits per heavy atom. The molecule has 0 radical (unpaired) electrons. The molecule has 0 saturated heterocycles. The Balaban J connectivity index is 2.20. The normalized spacial score (nSPS) is 10.3. The van der Waals surface area contributed by atoms with Crippen LogP contribution in [0.2, 0.25) is 0 Å². The van der Waals surface area contributed by atoms with Gasteiger partial charge in [0.15, 0.2) is 0 Å². The molecule has 20 heavy (non-hydrogen) atoms. The van der Waals surface area contributed by atoms with E-state index in [0.29, 0.717) is 12.1 Å². The molecule has 0 bridgehead atoms. The number of nitrogens with one attached hydrogen (secondary N) is 1. The first-order chi connectivity index (χ1) is 9.50. The van der Waals surface area contributed by atoms with Gasteiger partial charge in [-0.1, -0.05) is 12.1 Å². The number of nitro groups is 1. The van der Waals surface area contributed by atoms with E-state index in [4.69, 9.17) is 0 Å². The lowest BCUT2D eigenvalue weighted by Crippen LogP contribution is -2.23. The summed E-state index contributed by atoms with van der Waals surface area (Å²) >= 11 is 4.88. The van der Waals surface area contributed by atoms with Crippen LogP contribution in [0.4, 0.5) is 5.69 Å². The van der Waals surface area contributed by atoms with Gasteiger partial charge in [-0.25, -0.2) is 0 Å². The fourth-order valence-electron chi connectivity index (χ4n) is 1.79. The molecule has 1 heterocycles. The number of halogens is 1. The van der Waals surface area contributed by atoms with E-state index in [1.165, 1.54) is 17.4 Å². The van der Waals surface area contributed by atoms with E-state index in [9.17, 15) is 14.9 Å².